The maximum absolute atomic E-state index is 13.1. The van der Waals surface area contributed by atoms with Crippen LogP contribution in [0.25, 0.3) is 0 Å². The summed E-state index contributed by atoms with van der Waals surface area (Å²) in [4.78, 5) is 43.3. The van der Waals surface area contributed by atoms with Gasteiger partial charge in [0.05, 0.1) is 31.9 Å². The molecule has 8 heteroatoms. The van der Waals surface area contributed by atoms with E-state index in [0.29, 0.717) is 30.0 Å². The third-order valence-corrected chi connectivity index (χ3v) is 7.19. The average molecular weight is 516 g/mol. The predicted molar refractivity (Wildman–Crippen MR) is 143 cm³/mol. The SMILES string of the molecule is Cc1ccccc1N1C(=O)C(Cl)=C(Nc2ccc(C(=O)N3CC[NH+](Cc4ccccc4)CC3)cc2)C1=O. The second-order valence-corrected chi connectivity index (χ2v) is 9.71. The smallest absolute Gasteiger partial charge is 0.283 e. The van der Waals surface area contributed by atoms with Gasteiger partial charge in [-0.3, -0.25) is 14.4 Å². The minimum absolute atomic E-state index is 0.0135. The van der Waals surface area contributed by atoms with Gasteiger partial charge in [-0.1, -0.05) is 60.1 Å². The number of rotatable bonds is 6. The summed E-state index contributed by atoms with van der Waals surface area (Å²) in [6, 6.07) is 24.4. The molecule has 0 bridgehead atoms. The minimum Gasteiger partial charge on any atom is -0.350 e. The molecule has 3 aromatic carbocycles. The molecule has 3 aromatic rings. The highest BCUT2D eigenvalue weighted by Crippen LogP contribution is 2.31. The van der Waals surface area contributed by atoms with Crippen LogP contribution in [0.2, 0.25) is 0 Å². The lowest BCUT2D eigenvalue weighted by molar-refractivity contribution is -0.917. The number of amides is 3. The number of piperazine rings is 1. The highest BCUT2D eigenvalue weighted by molar-refractivity contribution is 6.53. The number of nitrogens with zero attached hydrogens (tertiary/aromatic N) is 2. The fourth-order valence-electron chi connectivity index (χ4n) is 4.75. The number of benzene rings is 3. The molecular formula is C29H28ClN4O3+. The number of hydrogen-bond acceptors (Lipinski definition) is 4. The van der Waals surface area contributed by atoms with Crippen molar-refractivity contribution in [3.63, 3.8) is 0 Å². The summed E-state index contributed by atoms with van der Waals surface area (Å²) in [5, 5.41) is 2.81. The van der Waals surface area contributed by atoms with E-state index >= 15 is 0 Å². The van der Waals surface area contributed by atoms with E-state index in [1.54, 1.807) is 36.4 Å². The van der Waals surface area contributed by atoms with Crippen molar-refractivity contribution >= 4 is 40.7 Å². The van der Waals surface area contributed by atoms with E-state index in [9.17, 15) is 14.4 Å². The van der Waals surface area contributed by atoms with E-state index < -0.39 is 11.8 Å². The third kappa shape index (κ3) is 5.14. The number of halogens is 1. The standard InChI is InChI=1S/C29H27ClN4O3/c1-20-7-5-6-10-24(20)34-28(36)25(30)26(29(34)37)31-23-13-11-22(12-14-23)27(35)33-17-15-32(16-18-33)19-21-8-3-2-4-9-21/h2-14,31H,15-19H2,1H3/p+1. The molecule has 0 saturated carbocycles. The molecule has 7 nitrogen and oxygen atoms in total. The van der Waals surface area contributed by atoms with Gasteiger partial charge in [-0.05, 0) is 42.8 Å². The number of hydrogen-bond donors (Lipinski definition) is 2. The van der Waals surface area contributed by atoms with Gasteiger partial charge in [-0.2, -0.15) is 0 Å². The van der Waals surface area contributed by atoms with Gasteiger partial charge >= 0.3 is 0 Å². The molecule has 2 N–H and O–H groups in total. The maximum Gasteiger partial charge on any atom is 0.283 e. The van der Waals surface area contributed by atoms with Crippen LogP contribution in [0.15, 0.2) is 89.6 Å². The zero-order valence-corrected chi connectivity index (χ0v) is 21.3. The van der Waals surface area contributed by atoms with Crippen LogP contribution in [0.3, 0.4) is 0 Å². The van der Waals surface area contributed by atoms with E-state index in [2.05, 4.69) is 29.6 Å². The lowest BCUT2D eigenvalue weighted by Gasteiger charge is -2.32. The van der Waals surface area contributed by atoms with Crippen molar-refractivity contribution in [3.05, 3.63) is 106 Å². The van der Waals surface area contributed by atoms with E-state index in [1.165, 1.54) is 10.5 Å². The fraction of sp³-hybridized carbons (Fsp3) is 0.207. The number of imide groups is 1. The lowest BCUT2D eigenvalue weighted by atomic mass is 10.1. The number of aryl methyl sites for hydroxylation is 1. The van der Waals surface area contributed by atoms with Crippen LogP contribution in [0.4, 0.5) is 11.4 Å². The summed E-state index contributed by atoms with van der Waals surface area (Å²) in [6.07, 6.45) is 0. The molecule has 5 rings (SSSR count). The van der Waals surface area contributed by atoms with Crippen molar-refractivity contribution < 1.29 is 19.3 Å². The molecule has 3 amide bonds. The Morgan fingerprint density at radius 1 is 0.892 bits per heavy atom. The summed E-state index contributed by atoms with van der Waals surface area (Å²) in [5.41, 5.74) is 3.76. The van der Waals surface area contributed by atoms with Crippen molar-refractivity contribution in [1.82, 2.24) is 4.90 Å². The Morgan fingerprint density at radius 2 is 1.54 bits per heavy atom. The molecule has 2 heterocycles. The van der Waals surface area contributed by atoms with E-state index in [4.69, 9.17) is 11.6 Å². The Morgan fingerprint density at radius 3 is 2.22 bits per heavy atom. The van der Waals surface area contributed by atoms with Crippen molar-refractivity contribution in [2.24, 2.45) is 0 Å². The molecule has 0 atom stereocenters. The van der Waals surface area contributed by atoms with Crippen LogP contribution < -0.4 is 15.1 Å². The first-order chi connectivity index (χ1) is 17.9. The minimum atomic E-state index is -0.566. The van der Waals surface area contributed by atoms with Crippen molar-refractivity contribution in [2.75, 3.05) is 36.4 Å². The first kappa shape index (κ1) is 24.7. The van der Waals surface area contributed by atoms with Gasteiger partial charge in [0.1, 0.15) is 17.3 Å². The lowest BCUT2D eigenvalue weighted by Crippen LogP contribution is -3.13. The van der Waals surface area contributed by atoms with E-state index in [0.717, 1.165) is 30.1 Å². The Hall–Kier alpha value is -3.94. The van der Waals surface area contributed by atoms with Crippen LogP contribution in [-0.4, -0.2) is 48.8 Å². The van der Waals surface area contributed by atoms with Crippen LogP contribution in [0, 0.1) is 6.92 Å². The van der Waals surface area contributed by atoms with Gasteiger partial charge in [-0.25, -0.2) is 4.90 Å². The van der Waals surface area contributed by atoms with Crippen LogP contribution in [0.5, 0.6) is 0 Å². The van der Waals surface area contributed by atoms with Crippen molar-refractivity contribution in [2.45, 2.75) is 13.5 Å². The second kappa shape index (κ2) is 10.6. The molecule has 2 aliphatic heterocycles. The Kier molecular flexibility index (Phi) is 7.08. The average Bonchev–Trinajstić information content (AvgIpc) is 3.13. The van der Waals surface area contributed by atoms with Crippen molar-refractivity contribution in [1.29, 1.82) is 0 Å². The summed E-state index contributed by atoms with van der Waals surface area (Å²) >= 11 is 6.26. The molecule has 0 spiro atoms. The van der Waals surface area contributed by atoms with Crippen LogP contribution in [-0.2, 0) is 16.1 Å². The zero-order valence-electron chi connectivity index (χ0n) is 20.5. The Balaban J connectivity index is 1.21. The normalized spacial score (nSPS) is 16.5. The largest absolute Gasteiger partial charge is 0.350 e. The summed E-state index contributed by atoms with van der Waals surface area (Å²) in [7, 11) is 0. The summed E-state index contributed by atoms with van der Waals surface area (Å²) in [6.45, 7) is 6.00. The van der Waals surface area contributed by atoms with E-state index in [1.807, 2.05) is 30.0 Å². The van der Waals surface area contributed by atoms with Gasteiger partial charge in [0.15, 0.2) is 0 Å². The Labute approximate surface area is 220 Å². The predicted octanol–water partition coefficient (Wildman–Crippen LogP) is 2.97. The van der Waals surface area contributed by atoms with Gasteiger partial charge in [-0.15, -0.1) is 0 Å². The Bertz CT molecular complexity index is 1360. The van der Waals surface area contributed by atoms with Gasteiger partial charge in [0.25, 0.3) is 17.7 Å². The highest BCUT2D eigenvalue weighted by Gasteiger charge is 2.39. The number of nitrogens with one attached hydrogen (secondary N) is 2. The number of anilines is 2. The molecule has 0 radical (unpaired) electrons. The summed E-state index contributed by atoms with van der Waals surface area (Å²) in [5.74, 6) is -1.09. The maximum atomic E-state index is 13.1. The second-order valence-electron chi connectivity index (χ2n) is 9.33. The molecule has 37 heavy (non-hydrogen) atoms. The molecular weight excluding hydrogens is 488 g/mol. The number of carbonyl (C=O) groups is 3. The summed E-state index contributed by atoms with van der Waals surface area (Å²) < 4.78 is 0. The number of quaternary nitrogens is 1. The van der Waals surface area contributed by atoms with Crippen LogP contribution in [0.1, 0.15) is 21.5 Å². The van der Waals surface area contributed by atoms with Crippen molar-refractivity contribution in [3.8, 4) is 0 Å². The van der Waals surface area contributed by atoms with E-state index in [-0.39, 0.29) is 16.6 Å². The highest BCUT2D eigenvalue weighted by atomic mass is 35.5. The molecule has 0 unspecified atom stereocenters. The molecule has 2 aliphatic rings. The monoisotopic (exact) mass is 515 g/mol. The first-order valence-electron chi connectivity index (χ1n) is 12.3. The topological polar surface area (TPSA) is 74.2 Å². The first-order valence-corrected chi connectivity index (χ1v) is 12.7. The molecule has 0 aromatic heterocycles. The van der Waals surface area contributed by atoms with Crippen LogP contribution >= 0.6 is 11.6 Å². The van der Waals surface area contributed by atoms with Gasteiger partial charge < -0.3 is 15.1 Å². The fourth-order valence-corrected chi connectivity index (χ4v) is 4.97. The molecule has 1 saturated heterocycles. The zero-order chi connectivity index (χ0) is 25.9. The molecule has 1 fully saturated rings. The molecule has 0 aliphatic carbocycles. The van der Waals surface area contributed by atoms with Gasteiger partial charge in [0.2, 0.25) is 0 Å². The number of carbonyl (C=O) groups excluding carboxylic acids is 3. The third-order valence-electron chi connectivity index (χ3n) is 6.84. The molecule has 188 valence electrons. The van der Waals surface area contributed by atoms with Gasteiger partial charge in [0, 0.05) is 16.8 Å². The number of para-hydroxylation sites is 1. The quantitative estimate of drug-likeness (QED) is 0.495.